The molecule has 5 heteroatoms. The lowest BCUT2D eigenvalue weighted by Gasteiger charge is -2.33. The fourth-order valence-corrected chi connectivity index (χ4v) is 2.31. The minimum Gasteiger partial charge on any atom is -0.375 e. The molecule has 1 aliphatic rings. The maximum absolute atomic E-state index is 12.1. The van der Waals surface area contributed by atoms with Gasteiger partial charge in [-0.25, -0.2) is 0 Å². The number of halogens is 1. The van der Waals surface area contributed by atoms with Crippen LogP contribution in [0.4, 0.5) is 0 Å². The Bertz CT molecular complexity index is 284. The van der Waals surface area contributed by atoms with Crippen LogP contribution >= 0.6 is 12.4 Å². The number of carbonyl (C=O) groups excluding carboxylic acids is 1. The third-order valence-electron chi connectivity index (χ3n) is 3.51. The van der Waals surface area contributed by atoms with Crippen LogP contribution in [-0.2, 0) is 9.53 Å². The molecule has 0 aliphatic carbocycles. The summed E-state index contributed by atoms with van der Waals surface area (Å²) < 4.78 is 5.57. The lowest BCUT2D eigenvalue weighted by atomic mass is 9.82. The van der Waals surface area contributed by atoms with Crippen molar-refractivity contribution < 1.29 is 9.53 Å². The highest BCUT2D eigenvalue weighted by atomic mass is 35.5. The van der Waals surface area contributed by atoms with Crippen LogP contribution in [0, 0.1) is 11.3 Å². The van der Waals surface area contributed by atoms with Crippen LogP contribution in [0.2, 0.25) is 0 Å². The van der Waals surface area contributed by atoms with Gasteiger partial charge in [-0.05, 0) is 17.8 Å². The summed E-state index contributed by atoms with van der Waals surface area (Å²) in [6, 6.07) is 0.219. The Balaban J connectivity index is 0.00000361. The van der Waals surface area contributed by atoms with Gasteiger partial charge in [0.25, 0.3) is 0 Å². The monoisotopic (exact) mass is 306 g/mol. The van der Waals surface area contributed by atoms with E-state index in [2.05, 4.69) is 45.3 Å². The molecule has 1 aliphatic heterocycles. The first-order valence-corrected chi connectivity index (χ1v) is 7.40. The van der Waals surface area contributed by atoms with E-state index < -0.39 is 0 Å². The number of carbonyl (C=O) groups is 1. The summed E-state index contributed by atoms with van der Waals surface area (Å²) in [6.07, 6.45) is 1.49. The highest BCUT2D eigenvalue weighted by Crippen LogP contribution is 2.24. The number of nitrogens with one attached hydrogen (secondary N) is 2. The zero-order valence-corrected chi connectivity index (χ0v) is 14.3. The van der Waals surface area contributed by atoms with Gasteiger partial charge >= 0.3 is 0 Å². The average Bonchev–Trinajstić information content (AvgIpc) is 2.27. The third-order valence-corrected chi connectivity index (χ3v) is 3.51. The number of rotatable bonds is 5. The predicted molar refractivity (Wildman–Crippen MR) is 85.3 cm³/mol. The molecule has 0 radical (unpaired) electrons. The molecular formula is C15H31ClN2O2. The van der Waals surface area contributed by atoms with E-state index in [4.69, 9.17) is 4.74 Å². The van der Waals surface area contributed by atoms with E-state index in [0.717, 1.165) is 19.5 Å². The van der Waals surface area contributed by atoms with E-state index >= 15 is 0 Å². The second kappa shape index (κ2) is 8.85. The molecule has 1 rings (SSSR count). The molecule has 0 aromatic carbocycles. The standard InChI is InChI=1S/C15H30N2O2.ClH/c1-11(2)8-13(15(3,4)5)17-14(18)9-12-10-16-6-7-19-12;/h11-13,16H,6-10H2,1-5H3,(H,17,18);1H. The van der Waals surface area contributed by atoms with Crippen molar-refractivity contribution in [1.29, 1.82) is 0 Å². The van der Waals surface area contributed by atoms with Gasteiger partial charge in [0, 0.05) is 19.1 Å². The van der Waals surface area contributed by atoms with Crippen molar-refractivity contribution in [1.82, 2.24) is 10.6 Å². The van der Waals surface area contributed by atoms with Crippen molar-refractivity contribution in [3.63, 3.8) is 0 Å². The van der Waals surface area contributed by atoms with Gasteiger partial charge in [-0.2, -0.15) is 0 Å². The summed E-state index contributed by atoms with van der Waals surface area (Å²) in [5.41, 5.74) is 0.0889. The average molecular weight is 307 g/mol. The molecule has 0 saturated carbocycles. The van der Waals surface area contributed by atoms with Crippen molar-refractivity contribution in [2.45, 2.75) is 59.6 Å². The molecule has 2 N–H and O–H groups in total. The lowest BCUT2D eigenvalue weighted by molar-refractivity contribution is -0.126. The summed E-state index contributed by atoms with van der Waals surface area (Å²) >= 11 is 0. The van der Waals surface area contributed by atoms with Crippen LogP contribution in [0.5, 0.6) is 0 Å². The zero-order valence-electron chi connectivity index (χ0n) is 13.5. The number of morpholine rings is 1. The van der Waals surface area contributed by atoms with E-state index in [1.807, 2.05) is 0 Å². The molecule has 1 fully saturated rings. The van der Waals surface area contributed by atoms with Crippen LogP contribution < -0.4 is 10.6 Å². The molecule has 0 bridgehead atoms. The first kappa shape index (κ1) is 19.7. The van der Waals surface area contributed by atoms with Gasteiger partial charge in [0.05, 0.1) is 19.1 Å². The van der Waals surface area contributed by atoms with E-state index in [0.29, 0.717) is 18.9 Å². The number of ether oxygens (including phenoxy) is 1. The Morgan fingerprint density at radius 3 is 2.50 bits per heavy atom. The van der Waals surface area contributed by atoms with Crippen LogP contribution in [-0.4, -0.2) is 37.7 Å². The smallest absolute Gasteiger partial charge is 0.222 e. The second-order valence-electron chi connectivity index (χ2n) is 7.02. The first-order chi connectivity index (χ1) is 8.79. The summed E-state index contributed by atoms with van der Waals surface area (Å²) in [5.74, 6) is 0.686. The molecule has 2 atom stereocenters. The quantitative estimate of drug-likeness (QED) is 0.820. The molecule has 120 valence electrons. The Hall–Kier alpha value is -0.320. The fourth-order valence-electron chi connectivity index (χ4n) is 2.31. The van der Waals surface area contributed by atoms with E-state index in [9.17, 15) is 4.79 Å². The number of hydrogen-bond acceptors (Lipinski definition) is 3. The molecule has 1 heterocycles. The van der Waals surface area contributed by atoms with Crippen molar-refractivity contribution in [3.8, 4) is 0 Å². The van der Waals surface area contributed by atoms with Gasteiger partial charge in [0.1, 0.15) is 0 Å². The van der Waals surface area contributed by atoms with Crippen molar-refractivity contribution in [2.75, 3.05) is 19.7 Å². The molecule has 1 saturated heterocycles. The van der Waals surface area contributed by atoms with E-state index in [1.54, 1.807) is 0 Å². The summed E-state index contributed by atoms with van der Waals surface area (Å²) in [5, 5.41) is 6.44. The molecule has 20 heavy (non-hydrogen) atoms. The van der Waals surface area contributed by atoms with Crippen molar-refractivity contribution in [2.24, 2.45) is 11.3 Å². The minimum atomic E-state index is 0. The third kappa shape index (κ3) is 7.46. The normalized spacial score (nSPS) is 21.2. The number of amides is 1. The first-order valence-electron chi connectivity index (χ1n) is 7.40. The predicted octanol–water partition coefficient (Wildman–Crippen LogP) is 2.36. The SMILES string of the molecule is CC(C)CC(NC(=O)CC1CNCCO1)C(C)(C)C.Cl. The molecule has 4 nitrogen and oxygen atoms in total. The topological polar surface area (TPSA) is 50.4 Å². The Morgan fingerprint density at radius 1 is 1.40 bits per heavy atom. The van der Waals surface area contributed by atoms with Crippen LogP contribution in [0.3, 0.4) is 0 Å². The summed E-state index contributed by atoms with van der Waals surface area (Å²) in [4.78, 5) is 12.1. The minimum absolute atomic E-state index is 0. The van der Waals surface area contributed by atoms with Gasteiger partial charge in [0.2, 0.25) is 5.91 Å². The molecule has 1 amide bonds. The summed E-state index contributed by atoms with van der Waals surface area (Å²) in [7, 11) is 0. The second-order valence-corrected chi connectivity index (χ2v) is 7.02. The van der Waals surface area contributed by atoms with Crippen LogP contribution in [0.25, 0.3) is 0 Å². The maximum Gasteiger partial charge on any atom is 0.222 e. The molecule has 2 unspecified atom stereocenters. The zero-order chi connectivity index (χ0) is 14.5. The van der Waals surface area contributed by atoms with Crippen molar-refractivity contribution >= 4 is 18.3 Å². The van der Waals surface area contributed by atoms with E-state index in [1.165, 1.54) is 0 Å². The van der Waals surface area contributed by atoms with Gasteiger partial charge in [0.15, 0.2) is 0 Å². The van der Waals surface area contributed by atoms with Gasteiger partial charge in [-0.1, -0.05) is 34.6 Å². The fraction of sp³-hybridized carbons (Fsp3) is 0.933. The van der Waals surface area contributed by atoms with Gasteiger partial charge in [-0.3, -0.25) is 4.79 Å². The molecule has 0 aromatic heterocycles. The Kier molecular flexibility index (Phi) is 8.71. The number of hydrogen-bond donors (Lipinski definition) is 2. The molecule has 0 aromatic rings. The van der Waals surface area contributed by atoms with Crippen LogP contribution in [0.1, 0.15) is 47.5 Å². The van der Waals surface area contributed by atoms with E-state index in [-0.39, 0.29) is 35.9 Å². The summed E-state index contributed by atoms with van der Waals surface area (Å²) in [6.45, 7) is 13.3. The Morgan fingerprint density at radius 2 is 2.05 bits per heavy atom. The van der Waals surface area contributed by atoms with Crippen molar-refractivity contribution in [3.05, 3.63) is 0 Å². The molecular weight excluding hydrogens is 276 g/mol. The highest BCUT2D eigenvalue weighted by Gasteiger charge is 2.28. The highest BCUT2D eigenvalue weighted by molar-refractivity contribution is 5.85. The van der Waals surface area contributed by atoms with Crippen LogP contribution in [0.15, 0.2) is 0 Å². The molecule has 0 spiro atoms. The Labute approximate surface area is 129 Å². The lowest BCUT2D eigenvalue weighted by Crippen LogP contribution is -2.47. The van der Waals surface area contributed by atoms with Gasteiger partial charge in [-0.15, -0.1) is 12.4 Å². The van der Waals surface area contributed by atoms with Gasteiger partial charge < -0.3 is 15.4 Å². The largest absolute Gasteiger partial charge is 0.375 e. The maximum atomic E-state index is 12.1.